The lowest BCUT2D eigenvalue weighted by atomic mass is 9.94. The van der Waals surface area contributed by atoms with Gasteiger partial charge in [-0.1, -0.05) is 19.3 Å². The molecule has 1 fully saturated rings. The molecule has 1 saturated carbocycles. The number of aliphatic hydroxyl groups excluding tert-OH is 1. The lowest BCUT2D eigenvalue weighted by Gasteiger charge is -2.34. The predicted molar refractivity (Wildman–Crippen MR) is 88.0 cm³/mol. The molecule has 2 aromatic rings. The Kier molecular flexibility index (Phi) is 4.63. The van der Waals surface area contributed by atoms with Gasteiger partial charge in [-0.25, -0.2) is 4.79 Å². The number of rotatable bonds is 4. The maximum absolute atomic E-state index is 12.6. The van der Waals surface area contributed by atoms with Crippen LogP contribution in [0.25, 0.3) is 10.9 Å². The minimum absolute atomic E-state index is 0.000760. The molecule has 1 heterocycles. The number of nitrogens with zero attached hydrogens (tertiary/aromatic N) is 1. The van der Waals surface area contributed by atoms with Gasteiger partial charge in [0.05, 0.1) is 6.61 Å². The number of aromatic nitrogens is 1. The highest BCUT2D eigenvalue weighted by Gasteiger charge is 2.25. The van der Waals surface area contributed by atoms with E-state index in [2.05, 4.69) is 10.3 Å². The van der Waals surface area contributed by atoms with Gasteiger partial charge in [-0.15, -0.1) is 0 Å². The Labute approximate surface area is 130 Å². The molecule has 0 atom stereocenters. The van der Waals surface area contributed by atoms with Crippen molar-refractivity contribution in [2.24, 2.45) is 0 Å². The number of H-pyrrole nitrogens is 1. The van der Waals surface area contributed by atoms with Crippen LogP contribution in [0.1, 0.15) is 32.1 Å². The predicted octanol–water partition coefficient (Wildman–Crippen LogP) is 3.33. The molecule has 0 spiro atoms. The van der Waals surface area contributed by atoms with E-state index in [1.807, 2.05) is 30.5 Å². The van der Waals surface area contributed by atoms with Crippen LogP contribution >= 0.6 is 0 Å². The first-order valence-electron chi connectivity index (χ1n) is 8.03. The van der Waals surface area contributed by atoms with Gasteiger partial charge in [0.25, 0.3) is 0 Å². The van der Waals surface area contributed by atoms with E-state index < -0.39 is 0 Å². The number of fused-ring (bicyclic) bond motifs is 1. The minimum atomic E-state index is -0.115. The topological polar surface area (TPSA) is 68.4 Å². The molecule has 0 saturated heterocycles. The van der Waals surface area contributed by atoms with E-state index in [0.717, 1.165) is 42.3 Å². The van der Waals surface area contributed by atoms with Gasteiger partial charge in [0.2, 0.25) is 0 Å². The first-order chi connectivity index (χ1) is 10.8. The van der Waals surface area contributed by atoms with E-state index in [4.69, 9.17) is 0 Å². The second-order valence-electron chi connectivity index (χ2n) is 5.92. The van der Waals surface area contributed by atoms with Crippen molar-refractivity contribution in [3.05, 3.63) is 30.5 Å². The number of nitrogens with one attached hydrogen (secondary N) is 2. The Bertz CT molecular complexity index is 632. The van der Waals surface area contributed by atoms with Crippen LogP contribution in [0.4, 0.5) is 10.5 Å². The van der Waals surface area contributed by atoms with E-state index >= 15 is 0 Å². The molecule has 3 rings (SSSR count). The van der Waals surface area contributed by atoms with Crippen molar-refractivity contribution in [3.8, 4) is 0 Å². The molecule has 0 aliphatic heterocycles. The third-order valence-corrected chi connectivity index (χ3v) is 4.42. The SMILES string of the molecule is O=C(Nc1ccc2[nH]ccc2c1)N(CCO)C1CCCCC1. The minimum Gasteiger partial charge on any atom is -0.395 e. The largest absolute Gasteiger partial charge is 0.395 e. The fourth-order valence-electron chi connectivity index (χ4n) is 3.28. The number of urea groups is 1. The molecule has 1 aromatic heterocycles. The van der Waals surface area contributed by atoms with Gasteiger partial charge in [-0.3, -0.25) is 0 Å². The molecule has 1 aliphatic carbocycles. The highest BCUT2D eigenvalue weighted by molar-refractivity contribution is 5.93. The molecule has 0 bridgehead atoms. The molecular formula is C17H23N3O2. The highest BCUT2D eigenvalue weighted by atomic mass is 16.3. The number of hydrogen-bond acceptors (Lipinski definition) is 2. The van der Waals surface area contributed by atoms with E-state index in [1.165, 1.54) is 6.42 Å². The van der Waals surface area contributed by atoms with Crippen LogP contribution in [0.3, 0.4) is 0 Å². The van der Waals surface area contributed by atoms with Crippen LogP contribution in [0.15, 0.2) is 30.5 Å². The molecule has 1 aromatic carbocycles. The summed E-state index contributed by atoms with van der Waals surface area (Å²) in [7, 11) is 0. The summed E-state index contributed by atoms with van der Waals surface area (Å²) in [5.41, 5.74) is 1.84. The van der Waals surface area contributed by atoms with E-state index in [9.17, 15) is 9.90 Å². The molecule has 1 aliphatic rings. The van der Waals surface area contributed by atoms with Gasteiger partial charge < -0.3 is 20.3 Å². The molecule has 5 nitrogen and oxygen atoms in total. The summed E-state index contributed by atoms with van der Waals surface area (Å²) >= 11 is 0. The summed E-state index contributed by atoms with van der Waals surface area (Å²) in [6, 6.07) is 7.93. The van der Waals surface area contributed by atoms with Gasteiger partial charge in [-0.2, -0.15) is 0 Å². The van der Waals surface area contributed by atoms with Crippen LogP contribution < -0.4 is 5.32 Å². The number of carbonyl (C=O) groups is 1. The Morgan fingerprint density at radius 3 is 2.86 bits per heavy atom. The lowest BCUT2D eigenvalue weighted by Crippen LogP contribution is -2.45. The van der Waals surface area contributed by atoms with Gasteiger partial charge >= 0.3 is 6.03 Å². The van der Waals surface area contributed by atoms with Crippen molar-refractivity contribution in [2.45, 2.75) is 38.1 Å². The fraction of sp³-hybridized carbons (Fsp3) is 0.471. The highest BCUT2D eigenvalue weighted by Crippen LogP contribution is 2.24. The van der Waals surface area contributed by atoms with Crippen molar-refractivity contribution in [2.75, 3.05) is 18.5 Å². The van der Waals surface area contributed by atoms with Crippen molar-refractivity contribution in [1.82, 2.24) is 9.88 Å². The number of amides is 2. The van der Waals surface area contributed by atoms with Crippen molar-refractivity contribution in [1.29, 1.82) is 0 Å². The summed E-state index contributed by atoms with van der Waals surface area (Å²) in [5, 5.41) is 13.3. The quantitative estimate of drug-likeness (QED) is 0.811. The second kappa shape index (κ2) is 6.83. The van der Waals surface area contributed by atoms with Crippen LogP contribution in [-0.2, 0) is 0 Å². The fourth-order valence-corrected chi connectivity index (χ4v) is 3.28. The van der Waals surface area contributed by atoms with Crippen LogP contribution in [0.2, 0.25) is 0 Å². The first-order valence-corrected chi connectivity index (χ1v) is 8.03. The lowest BCUT2D eigenvalue weighted by molar-refractivity contribution is 0.144. The van der Waals surface area contributed by atoms with Crippen molar-refractivity contribution >= 4 is 22.6 Å². The van der Waals surface area contributed by atoms with Gasteiger partial charge in [-0.05, 0) is 37.1 Å². The first kappa shape index (κ1) is 14.9. The maximum Gasteiger partial charge on any atom is 0.322 e. The Hall–Kier alpha value is -2.01. The molecule has 0 unspecified atom stereocenters. The van der Waals surface area contributed by atoms with Crippen LogP contribution in [0.5, 0.6) is 0 Å². The van der Waals surface area contributed by atoms with Gasteiger partial charge in [0.15, 0.2) is 0 Å². The summed E-state index contributed by atoms with van der Waals surface area (Å²) < 4.78 is 0. The average Bonchev–Trinajstić information content (AvgIpc) is 3.01. The summed E-state index contributed by atoms with van der Waals surface area (Å²) in [5.74, 6) is 0. The monoisotopic (exact) mass is 301 g/mol. The number of benzene rings is 1. The third-order valence-electron chi connectivity index (χ3n) is 4.42. The molecule has 3 N–H and O–H groups in total. The smallest absolute Gasteiger partial charge is 0.322 e. The molecule has 5 heteroatoms. The molecule has 2 amide bonds. The van der Waals surface area contributed by atoms with E-state index in [0.29, 0.717) is 6.54 Å². The van der Waals surface area contributed by atoms with E-state index in [1.54, 1.807) is 4.90 Å². The van der Waals surface area contributed by atoms with Crippen LogP contribution in [0, 0.1) is 0 Å². The molecule has 0 radical (unpaired) electrons. The number of anilines is 1. The normalized spacial score (nSPS) is 15.9. The summed E-state index contributed by atoms with van der Waals surface area (Å²) in [6.07, 6.45) is 7.52. The maximum atomic E-state index is 12.6. The zero-order valence-electron chi connectivity index (χ0n) is 12.7. The number of carbonyl (C=O) groups excluding carboxylic acids is 1. The molecular weight excluding hydrogens is 278 g/mol. The summed E-state index contributed by atoms with van der Waals surface area (Å²) in [6.45, 7) is 0.393. The number of aromatic amines is 1. The number of aliphatic hydroxyl groups is 1. The zero-order valence-corrected chi connectivity index (χ0v) is 12.7. The average molecular weight is 301 g/mol. The third kappa shape index (κ3) is 3.25. The Morgan fingerprint density at radius 2 is 2.09 bits per heavy atom. The Balaban J connectivity index is 1.71. The Morgan fingerprint density at radius 1 is 1.27 bits per heavy atom. The van der Waals surface area contributed by atoms with Gasteiger partial charge in [0.1, 0.15) is 0 Å². The van der Waals surface area contributed by atoms with Crippen LogP contribution in [-0.4, -0.2) is 40.2 Å². The zero-order chi connectivity index (χ0) is 15.4. The van der Waals surface area contributed by atoms with Crippen molar-refractivity contribution < 1.29 is 9.90 Å². The second-order valence-corrected chi connectivity index (χ2v) is 5.92. The summed E-state index contributed by atoms with van der Waals surface area (Å²) in [4.78, 5) is 17.5. The standard InChI is InChI=1S/C17H23N3O2/c21-11-10-20(15-4-2-1-3-5-15)17(22)19-14-6-7-16-13(12-14)8-9-18-16/h6-9,12,15,18,21H,1-5,10-11H2,(H,19,22). The van der Waals surface area contributed by atoms with Crippen molar-refractivity contribution in [3.63, 3.8) is 0 Å². The molecule has 118 valence electrons. The molecule has 22 heavy (non-hydrogen) atoms. The number of hydrogen-bond donors (Lipinski definition) is 3. The van der Waals surface area contributed by atoms with Gasteiger partial charge in [0, 0.05) is 35.4 Å². The van der Waals surface area contributed by atoms with E-state index in [-0.39, 0.29) is 18.7 Å².